The summed E-state index contributed by atoms with van der Waals surface area (Å²) in [6.45, 7) is 2.23. The third kappa shape index (κ3) is 1.67. The van der Waals surface area contributed by atoms with Crippen LogP contribution >= 0.6 is 12.2 Å². The molecule has 0 spiro atoms. The van der Waals surface area contributed by atoms with E-state index in [2.05, 4.69) is 21.5 Å². The maximum absolute atomic E-state index is 5.37. The van der Waals surface area contributed by atoms with E-state index in [4.69, 9.17) is 12.2 Å². The largest absolute Gasteiger partial charge is 0.329 e. The Morgan fingerprint density at radius 1 is 1.62 bits per heavy atom. The van der Waals surface area contributed by atoms with Gasteiger partial charge < -0.3 is 4.98 Å². The van der Waals surface area contributed by atoms with Crippen LogP contribution in [0.15, 0.2) is 18.3 Å². The summed E-state index contributed by atoms with van der Waals surface area (Å²) in [4.78, 5) is 7.63. The summed E-state index contributed by atoms with van der Waals surface area (Å²) in [7, 11) is 0. The fourth-order valence-electron chi connectivity index (χ4n) is 2.31. The summed E-state index contributed by atoms with van der Waals surface area (Å²) >= 11 is 5.37. The fraction of sp³-hybridized carbons (Fsp3) is 0.500. The van der Waals surface area contributed by atoms with Crippen LogP contribution in [-0.2, 0) is 0 Å². The third-order valence-corrected chi connectivity index (χ3v) is 3.59. The van der Waals surface area contributed by atoms with Crippen molar-refractivity contribution in [3.8, 4) is 0 Å². The lowest BCUT2D eigenvalue weighted by molar-refractivity contribution is 0.481. The van der Waals surface area contributed by atoms with Gasteiger partial charge in [0.05, 0.1) is 5.52 Å². The molecule has 16 heavy (non-hydrogen) atoms. The molecule has 2 aromatic heterocycles. The van der Waals surface area contributed by atoms with Gasteiger partial charge in [-0.05, 0) is 43.6 Å². The molecule has 1 N–H and O–H groups in total. The van der Waals surface area contributed by atoms with Crippen LogP contribution in [0, 0.1) is 10.7 Å². The van der Waals surface area contributed by atoms with Gasteiger partial charge in [0.25, 0.3) is 0 Å². The second-order valence-electron chi connectivity index (χ2n) is 4.70. The zero-order valence-electron chi connectivity index (χ0n) is 9.31. The Balaban J connectivity index is 2.06. The Morgan fingerprint density at radius 3 is 3.19 bits per heavy atom. The number of aromatic nitrogens is 3. The van der Waals surface area contributed by atoms with Gasteiger partial charge in [0, 0.05) is 12.2 Å². The molecule has 4 heteroatoms. The molecule has 0 aromatic carbocycles. The Hall–Kier alpha value is -1.16. The minimum absolute atomic E-state index is 0.448. The highest BCUT2D eigenvalue weighted by Gasteiger charge is 2.25. The lowest BCUT2D eigenvalue weighted by atomic mass is 10.1. The highest BCUT2D eigenvalue weighted by Crippen LogP contribution is 2.37. The Kier molecular flexibility index (Phi) is 2.32. The van der Waals surface area contributed by atoms with Gasteiger partial charge in [0.2, 0.25) is 0 Å². The molecular formula is C12H15N3S. The zero-order valence-corrected chi connectivity index (χ0v) is 10.1. The molecule has 0 aliphatic heterocycles. The van der Waals surface area contributed by atoms with Gasteiger partial charge in [0.1, 0.15) is 0 Å². The number of fused-ring (bicyclic) bond motifs is 1. The molecule has 3 nitrogen and oxygen atoms in total. The topological polar surface area (TPSA) is 33.6 Å². The maximum atomic E-state index is 5.37. The van der Waals surface area contributed by atoms with Crippen molar-refractivity contribution in [3.63, 3.8) is 0 Å². The number of hydrogen-bond donors (Lipinski definition) is 1. The molecule has 0 radical (unpaired) electrons. The van der Waals surface area contributed by atoms with E-state index < -0.39 is 0 Å². The SMILES string of the molecule is CC(CC1CC1)n1c(=S)[nH]c2cccnc21. The quantitative estimate of drug-likeness (QED) is 0.824. The summed E-state index contributed by atoms with van der Waals surface area (Å²) in [5, 5.41) is 0. The van der Waals surface area contributed by atoms with Crippen LogP contribution in [0.2, 0.25) is 0 Å². The molecule has 1 fully saturated rings. The standard InChI is InChI=1S/C12H15N3S/c1-8(7-9-4-5-9)15-11-10(14-12(15)16)3-2-6-13-11/h2-3,6,8-9H,4-5,7H2,1H3,(H,14,16). The molecule has 0 amide bonds. The first-order valence-corrected chi connectivity index (χ1v) is 6.22. The van der Waals surface area contributed by atoms with E-state index in [-0.39, 0.29) is 0 Å². The van der Waals surface area contributed by atoms with E-state index in [1.165, 1.54) is 19.3 Å². The Labute approximate surface area is 99.5 Å². The third-order valence-electron chi connectivity index (χ3n) is 3.29. The minimum atomic E-state index is 0.448. The predicted octanol–water partition coefficient (Wildman–Crippen LogP) is 3.45. The van der Waals surface area contributed by atoms with Crippen molar-refractivity contribution in [2.24, 2.45) is 5.92 Å². The number of pyridine rings is 1. The number of nitrogens with one attached hydrogen (secondary N) is 1. The van der Waals surface area contributed by atoms with Gasteiger partial charge in [-0.25, -0.2) is 4.98 Å². The average molecular weight is 233 g/mol. The summed E-state index contributed by atoms with van der Waals surface area (Å²) in [6.07, 6.45) is 5.81. The summed E-state index contributed by atoms with van der Waals surface area (Å²) in [5.41, 5.74) is 2.02. The van der Waals surface area contributed by atoms with Gasteiger partial charge in [-0.2, -0.15) is 0 Å². The monoisotopic (exact) mass is 233 g/mol. The van der Waals surface area contributed by atoms with E-state index in [9.17, 15) is 0 Å². The van der Waals surface area contributed by atoms with Crippen molar-refractivity contribution in [3.05, 3.63) is 23.1 Å². The van der Waals surface area contributed by atoms with E-state index >= 15 is 0 Å². The van der Waals surface area contributed by atoms with Crippen LogP contribution in [0.1, 0.15) is 32.2 Å². The molecule has 1 aliphatic carbocycles. The van der Waals surface area contributed by atoms with Crippen LogP contribution in [0.25, 0.3) is 11.2 Å². The molecular weight excluding hydrogens is 218 g/mol. The van der Waals surface area contributed by atoms with Crippen molar-refractivity contribution < 1.29 is 0 Å². The summed E-state index contributed by atoms with van der Waals surface area (Å²) in [6, 6.07) is 4.41. The first kappa shape index (κ1) is 10.0. The molecule has 0 saturated heterocycles. The van der Waals surface area contributed by atoms with Gasteiger partial charge >= 0.3 is 0 Å². The smallest absolute Gasteiger partial charge is 0.179 e. The molecule has 1 atom stereocenters. The van der Waals surface area contributed by atoms with Crippen LogP contribution < -0.4 is 0 Å². The molecule has 1 aliphatic rings. The molecule has 1 saturated carbocycles. The molecule has 84 valence electrons. The second kappa shape index (κ2) is 3.70. The van der Waals surface area contributed by atoms with Crippen molar-refractivity contribution >= 4 is 23.4 Å². The van der Waals surface area contributed by atoms with E-state index in [0.29, 0.717) is 6.04 Å². The number of nitrogens with zero attached hydrogens (tertiary/aromatic N) is 2. The lowest BCUT2D eigenvalue weighted by Gasteiger charge is -2.13. The predicted molar refractivity (Wildman–Crippen MR) is 67.0 cm³/mol. The van der Waals surface area contributed by atoms with Crippen molar-refractivity contribution in [1.82, 2.24) is 14.5 Å². The van der Waals surface area contributed by atoms with E-state index in [0.717, 1.165) is 21.9 Å². The van der Waals surface area contributed by atoms with Crippen molar-refractivity contribution in [1.29, 1.82) is 0 Å². The van der Waals surface area contributed by atoms with Gasteiger partial charge in [0.15, 0.2) is 10.4 Å². The van der Waals surface area contributed by atoms with Gasteiger partial charge in [-0.1, -0.05) is 12.8 Å². The van der Waals surface area contributed by atoms with Crippen LogP contribution in [0.3, 0.4) is 0 Å². The van der Waals surface area contributed by atoms with Crippen molar-refractivity contribution in [2.45, 2.75) is 32.2 Å². The van der Waals surface area contributed by atoms with Crippen LogP contribution in [0.4, 0.5) is 0 Å². The lowest BCUT2D eigenvalue weighted by Crippen LogP contribution is -2.06. The minimum Gasteiger partial charge on any atom is -0.329 e. The van der Waals surface area contributed by atoms with Gasteiger partial charge in [-0.15, -0.1) is 0 Å². The highest BCUT2D eigenvalue weighted by atomic mass is 32.1. The summed E-state index contributed by atoms with van der Waals surface area (Å²) in [5.74, 6) is 0.908. The van der Waals surface area contributed by atoms with Crippen molar-refractivity contribution in [2.75, 3.05) is 0 Å². The highest BCUT2D eigenvalue weighted by molar-refractivity contribution is 7.71. The fourth-order valence-corrected chi connectivity index (χ4v) is 2.68. The maximum Gasteiger partial charge on any atom is 0.179 e. The van der Waals surface area contributed by atoms with E-state index in [1.54, 1.807) is 0 Å². The molecule has 0 bridgehead atoms. The summed E-state index contributed by atoms with van der Waals surface area (Å²) < 4.78 is 2.95. The molecule has 3 rings (SSSR count). The molecule has 1 unspecified atom stereocenters. The van der Waals surface area contributed by atoms with E-state index in [1.807, 2.05) is 18.3 Å². The van der Waals surface area contributed by atoms with Crippen LogP contribution in [-0.4, -0.2) is 14.5 Å². The second-order valence-corrected chi connectivity index (χ2v) is 5.09. The zero-order chi connectivity index (χ0) is 11.1. The first-order chi connectivity index (χ1) is 7.75. The Bertz CT molecular complexity index is 565. The normalized spacial score (nSPS) is 17.8. The first-order valence-electron chi connectivity index (χ1n) is 5.81. The van der Waals surface area contributed by atoms with Crippen LogP contribution in [0.5, 0.6) is 0 Å². The number of hydrogen-bond acceptors (Lipinski definition) is 2. The Morgan fingerprint density at radius 2 is 2.44 bits per heavy atom. The number of aromatic amines is 1. The molecule has 2 heterocycles. The average Bonchev–Trinajstić information content (AvgIpc) is 2.98. The van der Waals surface area contributed by atoms with Gasteiger partial charge in [-0.3, -0.25) is 4.57 Å². The number of H-pyrrole nitrogens is 1. The number of rotatable bonds is 3. The number of imidazole rings is 1. The molecule has 2 aromatic rings.